The zero-order valence-corrected chi connectivity index (χ0v) is 20.4. The van der Waals surface area contributed by atoms with Gasteiger partial charge >= 0.3 is 0 Å². The first-order valence-electron chi connectivity index (χ1n) is 12.1. The van der Waals surface area contributed by atoms with Gasteiger partial charge in [0.15, 0.2) is 0 Å². The summed E-state index contributed by atoms with van der Waals surface area (Å²) in [5, 5.41) is 4.14. The Balaban J connectivity index is 1.40. The number of aryl methyl sites for hydroxylation is 1. The molecule has 4 rings (SSSR count). The van der Waals surface area contributed by atoms with Crippen LogP contribution in [0.1, 0.15) is 59.3 Å². The molecule has 0 spiro atoms. The van der Waals surface area contributed by atoms with Gasteiger partial charge < -0.3 is 9.88 Å². The third kappa shape index (κ3) is 4.88. The number of nitrogens with one attached hydrogen (secondary N) is 1. The van der Waals surface area contributed by atoms with Crippen LogP contribution in [-0.2, 0) is 21.4 Å². The largest absolute Gasteiger partial charge is 0.353 e. The molecule has 1 aliphatic heterocycles. The molecule has 1 aromatic heterocycles. The molecule has 2 aliphatic rings. The van der Waals surface area contributed by atoms with Gasteiger partial charge in [0.25, 0.3) is 0 Å². The summed E-state index contributed by atoms with van der Waals surface area (Å²) in [6, 6.07) is 7.56. The van der Waals surface area contributed by atoms with Crippen LogP contribution >= 0.6 is 0 Å². The normalized spacial score (nSPS) is 25.8. The maximum atomic E-state index is 13.1. The van der Waals surface area contributed by atoms with E-state index in [-0.39, 0.29) is 11.9 Å². The smallest absolute Gasteiger partial charge is 0.243 e. The molecular formula is C25H37N3O3S. The Hall–Kier alpha value is -1.86. The minimum Gasteiger partial charge on any atom is -0.353 e. The van der Waals surface area contributed by atoms with Gasteiger partial charge in [-0.25, -0.2) is 8.42 Å². The first kappa shape index (κ1) is 23.3. The van der Waals surface area contributed by atoms with Crippen LogP contribution in [0.4, 0.5) is 0 Å². The Labute approximate surface area is 192 Å². The maximum absolute atomic E-state index is 13.1. The van der Waals surface area contributed by atoms with Gasteiger partial charge in [0, 0.05) is 49.2 Å². The number of hydrogen-bond acceptors (Lipinski definition) is 3. The number of sulfonamides is 1. The number of piperidine rings is 1. The number of nitrogens with zero attached hydrogens (tertiary/aromatic N) is 2. The van der Waals surface area contributed by atoms with Crippen molar-refractivity contribution in [3.63, 3.8) is 0 Å². The highest BCUT2D eigenvalue weighted by Gasteiger charge is 2.29. The average Bonchev–Trinajstić information content (AvgIpc) is 3.18. The Kier molecular flexibility index (Phi) is 6.96. The Morgan fingerprint density at radius 3 is 2.56 bits per heavy atom. The van der Waals surface area contributed by atoms with E-state index in [2.05, 4.69) is 26.1 Å². The van der Waals surface area contributed by atoms with Crippen LogP contribution in [0, 0.1) is 17.8 Å². The molecule has 32 heavy (non-hydrogen) atoms. The highest BCUT2D eigenvalue weighted by molar-refractivity contribution is 7.89. The summed E-state index contributed by atoms with van der Waals surface area (Å²) < 4.78 is 29.8. The number of benzene rings is 1. The van der Waals surface area contributed by atoms with Gasteiger partial charge in [-0.3, -0.25) is 4.79 Å². The van der Waals surface area contributed by atoms with Gasteiger partial charge in [-0.05, 0) is 61.3 Å². The molecule has 1 aliphatic carbocycles. The lowest BCUT2D eigenvalue weighted by atomic mass is 9.78. The van der Waals surface area contributed by atoms with E-state index in [0.29, 0.717) is 48.7 Å². The second-order valence-electron chi connectivity index (χ2n) is 10.0. The number of rotatable bonds is 6. The van der Waals surface area contributed by atoms with E-state index in [1.54, 1.807) is 16.4 Å². The predicted octanol–water partition coefficient (Wildman–Crippen LogP) is 4.39. The van der Waals surface area contributed by atoms with Crippen molar-refractivity contribution < 1.29 is 13.2 Å². The van der Waals surface area contributed by atoms with E-state index >= 15 is 0 Å². The molecule has 0 radical (unpaired) electrons. The number of hydrogen-bond donors (Lipinski definition) is 1. The summed E-state index contributed by atoms with van der Waals surface area (Å²) in [5.74, 6) is 1.85. The second-order valence-corrected chi connectivity index (χ2v) is 11.9. The van der Waals surface area contributed by atoms with Crippen LogP contribution in [-0.4, -0.2) is 42.3 Å². The van der Waals surface area contributed by atoms with Gasteiger partial charge in [0.2, 0.25) is 15.9 Å². The summed E-state index contributed by atoms with van der Waals surface area (Å²) >= 11 is 0. The topological polar surface area (TPSA) is 71.4 Å². The molecule has 0 unspecified atom stereocenters. The number of carbonyl (C=O) groups is 1. The fourth-order valence-corrected chi connectivity index (χ4v) is 6.70. The second kappa shape index (κ2) is 9.56. The van der Waals surface area contributed by atoms with Crippen LogP contribution < -0.4 is 5.32 Å². The van der Waals surface area contributed by atoms with Crippen LogP contribution in [0.15, 0.2) is 35.4 Å². The fraction of sp³-hybridized carbons (Fsp3) is 0.640. The monoisotopic (exact) mass is 459 g/mol. The molecule has 1 saturated heterocycles. The lowest BCUT2D eigenvalue weighted by molar-refractivity contribution is -0.122. The van der Waals surface area contributed by atoms with Crippen molar-refractivity contribution in [2.75, 3.05) is 13.1 Å². The third-order valence-electron chi connectivity index (χ3n) is 7.76. The van der Waals surface area contributed by atoms with E-state index in [9.17, 15) is 13.2 Å². The standard InChI is InChI=1S/C25H37N3O3S/c1-18-9-15-28(16-10-18)32(30,31)22-7-8-24-21(17-22)11-13-27(24)14-12-25(29)26-23-6-4-5-19(2)20(23)3/h7-8,11,13,17-20,23H,4-6,9-10,12,14-16H2,1-3H3,(H,26,29)/t19-,20-,23-/m1/s1. The van der Waals surface area contributed by atoms with Crippen molar-refractivity contribution in [1.29, 1.82) is 0 Å². The highest BCUT2D eigenvalue weighted by atomic mass is 32.2. The number of carbonyl (C=O) groups excluding carboxylic acids is 1. The molecule has 1 N–H and O–H groups in total. The minimum atomic E-state index is -3.46. The van der Waals surface area contributed by atoms with E-state index < -0.39 is 10.0 Å². The van der Waals surface area contributed by atoms with Gasteiger partial charge in [-0.2, -0.15) is 4.31 Å². The van der Waals surface area contributed by atoms with Crippen molar-refractivity contribution >= 4 is 26.8 Å². The van der Waals surface area contributed by atoms with E-state index in [4.69, 9.17) is 0 Å². The first-order chi connectivity index (χ1) is 15.3. The van der Waals surface area contributed by atoms with Crippen molar-refractivity contribution in [2.45, 2.75) is 76.8 Å². The molecule has 1 amide bonds. The number of amides is 1. The molecule has 6 nitrogen and oxygen atoms in total. The van der Waals surface area contributed by atoms with E-state index in [1.165, 1.54) is 12.8 Å². The van der Waals surface area contributed by atoms with E-state index in [0.717, 1.165) is 30.2 Å². The van der Waals surface area contributed by atoms with Crippen molar-refractivity contribution in [3.05, 3.63) is 30.5 Å². The summed E-state index contributed by atoms with van der Waals surface area (Å²) in [6.45, 7) is 8.46. The van der Waals surface area contributed by atoms with E-state index in [1.807, 2.05) is 22.9 Å². The summed E-state index contributed by atoms with van der Waals surface area (Å²) in [7, 11) is -3.46. The highest BCUT2D eigenvalue weighted by Crippen LogP contribution is 2.30. The lowest BCUT2D eigenvalue weighted by Crippen LogP contribution is -2.43. The molecule has 176 valence electrons. The summed E-state index contributed by atoms with van der Waals surface area (Å²) in [6.07, 6.45) is 7.70. The van der Waals surface area contributed by atoms with Gasteiger partial charge in [0.05, 0.1) is 4.90 Å². The Morgan fingerprint density at radius 2 is 1.81 bits per heavy atom. The van der Waals surface area contributed by atoms with Gasteiger partial charge in [0.1, 0.15) is 0 Å². The van der Waals surface area contributed by atoms with Crippen LogP contribution in [0.2, 0.25) is 0 Å². The maximum Gasteiger partial charge on any atom is 0.243 e. The Morgan fingerprint density at radius 1 is 1.06 bits per heavy atom. The van der Waals surface area contributed by atoms with Gasteiger partial charge in [-0.15, -0.1) is 0 Å². The van der Waals surface area contributed by atoms with Crippen LogP contribution in [0.25, 0.3) is 10.9 Å². The summed E-state index contributed by atoms with van der Waals surface area (Å²) in [4.78, 5) is 12.9. The zero-order valence-electron chi connectivity index (χ0n) is 19.6. The molecule has 7 heteroatoms. The molecule has 2 aromatic rings. The van der Waals surface area contributed by atoms with Crippen LogP contribution in [0.5, 0.6) is 0 Å². The third-order valence-corrected chi connectivity index (χ3v) is 9.65. The minimum absolute atomic E-state index is 0.0938. The molecule has 0 bridgehead atoms. The zero-order chi connectivity index (χ0) is 22.9. The molecule has 1 aromatic carbocycles. The quantitative estimate of drug-likeness (QED) is 0.696. The molecular weight excluding hydrogens is 422 g/mol. The SMILES string of the molecule is CC1CCN(S(=O)(=O)c2ccc3c(ccn3CCC(=O)N[C@@H]3CCC[C@@H](C)[C@H]3C)c2)CC1. The Bertz CT molecular complexity index is 1050. The molecule has 1 saturated carbocycles. The first-order valence-corrected chi connectivity index (χ1v) is 13.6. The number of aromatic nitrogens is 1. The van der Waals surface area contributed by atoms with Crippen molar-refractivity contribution in [3.8, 4) is 0 Å². The molecule has 2 fully saturated rings. The molecule has 3 atom stereocenters. The lowest BCUT2D eigenvalue weighted by Gasteiger charge is -2.34. The van der Waals surface area contributed by atoms with Crippen molar-refractivity contribution in [2.24, 2.45) is 17.8 Å². The molecule has 2 heterocycles. The average molecular weight is 460 g/mol. The fourth-order valence-electron chi connectivity index (χ4n) is 5.19. The van der Waals surface area contributed by atoms with Crippen LogP contribution in [0.3, 0.4) is 0 Å². The van der Waals surface area contributed by atoms with Gasteiger partial charge in [-0.1, -0.05) is 33.6 Å². The van der Waals surface area contributed by atoms with Crippen molar-refractivity contribution in [1.82, 2.24) is 14.2 Å². The predicted molar refractivity (Wildman–Crippen MR) is 128 cm³/mol. The summed E-state index contributed by atoms with van der Waals surface area (Å²) in [5.41, 5.74) is 0.962. The number of fused-ring (bicyclic) bond motifs is 1.